The summed E-state index contributed by atoms with van der Waals surface area (Å²) in [6.07, 6.45) is 6.96. The number of ketones is 1. The molecule has 2 saturated carbocycles. The van der Waals surface area contributed by atoms with Crippen LogP contribution in [0, 0.1) is 10.8 Å². The molecule has 126 valence electrons. The minimum Gasteiger partial charge on any atom is -0.481 e. The van der Waals surface area contributed by atoms with Crippen LogP contribution >= 0.6 is 49.9 Å². The Morgan fingerprint density at radius 1 is 1.14 bits per heavy atom. The molecule has 2 aliphatic rings. The van der Waals surface area contributed by atoms with Crippen molar-refractivity contribution in [2.75, 3.05) is 5.75 Å². The van der Waals surface area contributed by atoms with Gasteiger partial charge in [-0.3, -0.25) is 4.79 Å². The van der Waals surface area contributed by atoms with Crippen molar-refractivity contribution in [1.29, 1.82) is 0 Å². The zero-order valence-corrected chi connectivity index (χ0v) is 19.9. The molecule has 0 amide bonds. The number of carbonyl (C=O) groups excluding carboxylic acids is 1. The van der Waals surface area contributed by atoms with E-state index in [1.165, 1.54) is 19.3 Å². The van der Waals surface area contributed by atoms with Gasteiger partial charge in [-0.25, -0.2) is 0 Å². The number of halogens is 3. The first kappa shape index (κ1) is 22.7. The van der Waals surface area contributed by atoms with Crippen LogP contribution in [-0.2, 0) is 9.59 Å². The van der Waals surface area contributed by atoms with Crippen molar-refractivity contribution in [1.82, 2.24) is 0 Å². The van der Waals surface area contributed by atoms with Crippen LogP contribution in [0.15, 0.2) is 0 Å². The van der Waals surface area contributed by atoms with Gasteiger partial charge in [-0.05, 0) is 49.2 Å². The molecule has 21 heavy (non-hydrogen) atoms. The van der Waals surface area contributed by atoms with Crippen LogP contribution in [-0.4, -0.2) is 22.6 Å². The van der Waals surface area contributed by atoms with Gasteiger partial charge in [0, 0.05) is 6.42 Å². The second-order valence-electron chi connectivity index (χ2n) is 6.01. The molecule has 0 aromatic carbocycles. The Balaban J connectivity index is 0.000000322. The van der Waals surface area contributed by atoms with Crippen LogP contribution in [0.5, 0.6) is 0 Å². The zero-order valence-electron chi connectivity index (χ0n) is 12.5. The topological polar surface area (TPSA) is 54.4 Å². The van der Waals surface area contributed by atoms with Gasteiger partial charge in [0.25, 0.3) is 0 Å². The van der Waals surface area contributed by atoms with E-state index < -0.39 is 5.97 Å². The summed E-state index contributed by atoms with van der Waals surface area (Å²) in [4.78, 5) is 20.8. The van der Waals surface area contributed by atoms with Gasteiger partial charge in [0.2, 0.25) is 0 Å². The SMILES string of the molecule is CCC1(CC(C)=O)CC1.I[I-]I.O=C(O)CC1(CS)CC1. The number of carbonyl (C=O) groups is 2. The predicted molar refractivity (Wildman–Crippen MR) is 103 cm³/mol. The fourth-order valence-corrected chi connectivity index (χ4v) is 2.68. The molecular formula is C14H24I3O3S-. The van der Waals surface area contributed by atoms with Crippen molar-refractivity contribution in [2.24, 2.45) is 10.8 Å². The Morgan fingerprint density at radius 3 is 1.67 bits per heavy atom. The Morgan fingerprint density at radius 2 is 1.57 bits per heavy atom. The first-order valence-electron chi connectivity index (χ1n) is 6.98. The molecule has 2 fully saturated rings. The van der Waals surface area contributed by atoms with E-state index >= 15 is 0 Å². The van der Waals surface area contributed by atoms with Gasteiger partial charge in [0.15, 0.2) is 0 Å². The molecule has 0 aromatic heterocycles. The van der Waals surface area contributed by atoms with E-state index in [0.717, 1.165) is 25.0 Å². The maximum atomic E-state index is 10.7. The molecular weight excluding hydrogens is 629 g/mol. The van der Waals surface area contributed by atoms with E-state index in [4.69, 9.17) is 5.11 Å². The molecule has 0 saturated heterocycles. The van der Waals surface area contributed by atoms with E-state index in [0.29, 0.717) is 30.9 Å². The number of thiol groups is 1. The summed E-state index contributed by atoms with van der Waals surface area (Å²) in [5.74, 6) is 0.384. The van der Waals surface area contributed by atoms with Crippen molar-refractivity contribution >= 4 is 61.6 Å². The van der Waals surface area contributed by atoms with Gasteiger partial charge in [-0.2, -0.15) is 12.6 Å². The first-order chi connectivity index (χ1) is 9.78. The molecule has 0 aliphatic heterocycles. The minimum atomic E-state index is -0.693. The van der Waals surface area contributed by atoms with Crippen LogP contribution < -0.4 is 13.3 Å². The van der Waals surface area contributed by atoms with Crippen molar-refractivity contribution in [2.45, 2.75) is 58.8 Å². The Kier molecular flexibility index (Phi) is 12.2. The van der Waals surface area contributed by atoms with Crippen LogP contribution in [0.1, 0.15) is 58.8 Å². The smallest absolute Gasteiger partial charge is 0.303 e. The molecule has 0 atom stereocenters. The second-order valence-corrected chi connectivity index (χ2v) is 22.6. The quantitative estimate of drug-likeness (QED) is 0.342. The number of Topliss-reactive ketones (excluding diaryl/α,β-unsaturated/α-hetero) is 1. The average Bonchev–Trinajstić information content (AvgIpc) is 3.28. The van der Waals surface area contributed by atoms with Crippen molar-refractivity contribution in [3.63, 3.8) is 0 Å². The Bertz CT molecular complexity index is 310. The monoisotopic (exact) mass is 653 g/mol. The predicted octanol–water partition coefficient (Wildman–Crippen LogP) is 2.10. The number of carboxylic acids is 1. The fraction of sp³-hybridized carbons (Fsp3) is 0.857. The van der Waals surface area contributed by atoms with E-state index in [9.17, 15) is 9.59 Å². The third-order valence-corrected chi connectivity index (χ3v) is 4.82. The maximum absolute atomic E-state index is 10.7. The second kappa shape index (κ2) is 11.3. The fourth-order valence-electron chi connectivity index (χ4n) is 2.25. The molecule has 0 unspecified atom stereocenters. The third kappa shape index (κ3) is 11.0. The van der Waals surface area contributed by atoms with Gasteiger partial charge < -0.3 is 9.90 Å². The maximum Gasteiger partial charge on any atom is 0.303 e. The molecule has 2 aliphatic carbocycles. The number of hydrogen-bond donors (Lipinski definition) is 2. The van der Waals surface area contributed by atoms with Crippen molar-refractivity contribution in [3.8, 4) is 0 Å². The van der Waals surface area contributed by atoms with E-state index in [1.807, 2.05) is 0 Å². The summed E-state index contributed by atoms with van der Waals surface area (Å²) >= 11 is 9.37. The van der Waals surface area contributed by atoms with E-state index in [-0.39, 0.29) is 5.41 Å². The van der Waals surface area contributed by atoms with E-state index in [2.05, 4.69) is 56.8 Å². The summed E-state index contributed by atoms with van der Waals surface area (Å²) in [7, 11) is 0. The third-order valence-electron chi connectivity index (χ3n) is 4.15. The summed E-state index contributed by atoms with van der Waals surface area (Å²) < 4.78 is 0. The largest absolute Gasteiger partial charge is 0.481 e. The molecule has 0 radical (unpaired) electrons. The standard InChI is InChI=1S/C8H14O.C6H10O2S.I3/c1-3-8(4-5-8)6-7(2)9;7-5(8)3-6(4-9)1-2-6;1-3-2/h3-6H2,1-2H3;9H,1-4H2,(H,7,8);/q;;-1. The molecule has 0 bridgehead atoms. The van der Waals surface area contributed by atoms with Crippen LogP contribution in [0.3, 0.4) is 0 Å². The molecule has 0 spiro atoms. The van der Waals surface area contributed by atoms with E-state index in [1.54, 1.807) is 6.92 Å². The van der Waals surface area contributed by atoms with Crippen LogP contribution in [0.4, 0.5) is 0 Å². The van der Waals surface area contributed by atoms with Crippen molar-refractivity contribution in [3.05, 3.63) is 0 Å². The normalized spacial score (nSPS) is 19.5. The van der Waals surface area contributed by atoms with Gasteiger partial charge in [0.1, 0.15) is 5.78 Å². The van der Waals surface area contributed by atoms with Gasteiger partial charge in [0.05, 0.1) is 6.42 Å². The Labute approximate surface area is 163 Å². The van der Waals surface area contributed by atoms with Crippen LogP contribution in [0.25, 0.3) is 0 Å². The summed E-state index contributed by atoms with van der Waals surface area (Å²) in [6.45, 7) is 3.87. The zero-order chi connectivity index (χ0) is 16.5. The molecule has 0 aromatic rings. The van der Waals surface area contributed by atoms with Crippen LogP contribution in [0.2, 0.25) is 0 Å². The number of aliphatic carboxylic acids is 1. The number of rotatable bonds is 6. The summed E-state index contributed by atoms with van der Waals surface area (Å²) in [5.41, 5.74) is 0.542. The van der Waals surface area contributed by atoms with Gasteiger partial charge in [-0.1, -0.05) is 13.3 Å². The number of carboxylic acid groups (broad SMARTS) is 1. The molecule has 2 rings (SSSR count). The summed E-state index contributed by atoms with van der Waals surface area (Å²) in [6, 6.07) is 0. The molecule has 7 heteroatoms. The first-order valence-corrected chi connectivity index (χ1v) is 20.2. The number of hydrogen-bond acceptors (Lipinski definition) is 3. The molecule has 0 heterocycles. The van der Waals surface area contributed by atoms with Gasteiger partial charge in [-0.15, -0.1) is 0 Å². The Hall–Kier alpha value is 1.68. The molecule has 1 N–H and O–H groups in total. The van der Waals surface area contributed by atoms with Crippen molar-refractivity contribution < 1.29 is 28.0 Å². The average molecular weight is 653 g/mol. The molecule has 3 nitrogen and oxygen atoms in total. The summed E-state index contributed by atoms with van der Waals surface area (Å²) in [5, 5.41) is 8.39. The minimum absolute atomic E-state index is 0.0783. The van der Waals surface area contributed by atoms with Gasteiger partial charge >= 0.3 is 56.5 Å².